The molecule has 19 heavy (non-hydrogen) atoms. The zero-order valence-electron chi connectivity index (χ0n) is 11.2. The Kier molecular flexibility index (Phi) is 3.39. The topological polar surface area (TPSA) is 59.9 Å². The summed E-state index contributed by atoms with van der Waals surface area (Å²) in [5.74, 6) is -0.287. The Balaban J connectivity index is 2.44. The number of hydrogen-bond donors (Lipinski definition) is 1. The first-order chi connectivity index (χ1) is 9.01. The van der Waals surface area contributed by atoms with Gasteiger partial charge < -0.3 is 9.88 Å². The lowest BCUT2D eigenvalue weighted by Crippen LogP contribution is -2.09. The van der Waals surface area contributed by atoms with E-state index in [-0.39, 0.29) is 11.4 Å². The number of allylic oxidation sites excluding steroid dienone is 1. The maximum Gasteiger partial charge on any atom is 0.221 e. The van der Waals surface area contributed by atoms with Crippen molar-refractivity contribution in [3.63, 3.8) is 0 Å². The molecule has 0 aliphatic heterocycles. The lowest BCUT2D eigenvalue weighted by Gasteiger charge is -2.04. The van der Waals surface area contributed by atoms with Gasteiger partial charge in [0.05, 0.1) is 5.69 Å². The fourth-order valence-electron chi connectivity index (χ4n) is 1.92. The minimum atomic E-state index is -0.287. The van der Waals surface area contributed by atoms with Gasteiger partial charge >= 0.3 is 0 Å². The van der Waals surface area contributed by atoms with Crippen LogP contribution < -0.4 is 0 Å². The van der Waals surface area contributed by atoms with Gasteiger partial charge in [0.2, 0.25) is 5.78 Å². The predicted molar refractivity (Wildman–Crippen MR) is 74.7 cm³/mol. The van der Waals surface area contributed by atoms with Crippen LogP contribution in [0.3, 0.4) is 0 Å². The number of H-pyrrole nitrogens is 1. The summed E-state index contributed by atoms with van der Waals surface area (Å²) < 4.78 is 0. The summed E-state index contributed by atoms with van der Waals surface area (Å²) in [5, 5.41) is 10.0. The third kappa shape index (κ3) is 2.66. The number of nitrogens with one attached hydrogen (secondary N) is 1. The Hall–Kier alpha value is -2.54. The number of fused-ring (bicyclic) bond motifs is 1. The highest BCUT2D eigenvalue weighted by atomic mass is 16.1. The van der Waals surface area contributed by atoms with Gasteiger partial charge in [-0.3, -0.25) is 4.79 Å². The molecule has 4 nitrogen and oxygen atoms in total. The average Bonchev–Trinajstić information content (AvgIpc) is 2.77. The average molecular weight is 253 g/mol. The molecule has 96 valence electrons. The van der Waals surface area contributed by atoms with Crippen LogP contribution in [0, 0.1) is 18.3 Å². The molecule has 0 saturated heterocycles. The molecule has 0 aliphatic rings. The molecule has 4 heteroatoms. The Morgan fingerprint density at radius 3 is 2.74 bits per heavy atom. The van der Waals surface area contributed by atoms with Gasteiger partial charge in [-0.1, -0.05) is 11.6 Å². The monoisotopic (exact) mass is 253 g/mol. The molecule has 1 heterocycles. The summed E-state index contributed by atoms with van der Waals surface area (Å²) in [4.78, 5) is 17.0. The smallest absolute Gasteiger partial charge is 0.221 e. The number of ketones is 1. The van der Waals surface area contributed by atoms with E-state index in [1.807, 2.05) is 31.2 Å². The number of rotatable bonds is 3. The largest absolute Gasteiger partial charge is 0.382 e. The summed E-state index contributed by atoms with van der Waals surface area (Å²) in [7, 11) is 3.55. The van der Waals surface area contributed by atoms with Gasteiger partial charge in [-0.25, -0.2) is 0 Å². The molecule has 0 bridgehead atoms. The molecule has 2 rings (SSSR count). The van der Waals surface area contributed by atoms with Crippen LogP contribution >= 0.6 is 0 Å². The Labute approximate surface area is 112 Å². The van der Waals surface area contributed by atoms with Gasteiger partial charge in [-0.15, -0.1) is 0 Å². The highest BCUT2D eigenvalue weighted by Gasteiger charge is 2.15. The molecule has 0 saturated carbocycles. The number of nitrogens with zero attached hydrogens (tertiary/aromatic N) is 2. The Morgan fingerprint density at radius 1 is 1.37 bits per heavy atom. The number of hydrogen-bond acceptors (Lipinski definition) is 3. The van der Waals surface area contributed by atoms with E-state index < -0.39 is 0 Å². The van der Waals surface area contributed by atoms with Crippen LogP contribution in [-0.4, -0.2) is 29.8 Å². The molecule has 2 aromatic rings. The maximum atomic E-state index is 12.2. The van der Waals surface area contributed by atoms with Crippen LogP contribution in [0.2, 0.25) is 0 Å². The Bertz CT molecular complexity index is 702. The van der Waals surface area contributed by atoms with Gasteiger partial charge in [-0.2, -0.15) is 5.26 Å². The number of aromatic amines is 1. The minimum absolute atomic E-state index is 0.119. The molecule has 1 aromatic carbocycles. The number of benzene rings is 1. The summed E-state index contributed by atoms with van der Waals surface area (Å²) in [6.07, 6.45) is 1.53. The van der Waals surface area contributed by atoms with E-state index in [4.69, 9.17) is 5.26 Å². The van der Waals surface area contributed by atoms with Crippen molar-refractivity contribution in [1.82, 2.24) is 9.88 Å². The van der Waals surface area contributed by atoms with E-state index in [0.717, 1.165) is 16.5 Å². The van der Waals surface area contributed by atoms with Crippen molar-refractivity contribution >= 4 is 16.7 Å². The van der Waals surface area contributed by atoms with E-state index in [1.165, 1.54) is 6.20 Å². The summed E-state index contributed by atoms with van der Waals surface area (Å²) in [6, 6.07) is 9.64. The first-order valence-corrected chi connectivity index (χ1v) is 5.93. The van der Waals surface area contributed by atoms with Crippen LogP contribution in [0.15, 0.2) is 36.0 Å². The number of aromatic nitrogens is 1. The van der Waals surface area contributed by atoms with Gasteiger partial charge in [0.1, 0.15) is 11.6 Å². The first kappa shape index (κ1) is 12.9. The highest BCUT2D eigenvalue weighted by Crippen LogP contribution is 2.19. The summed E-state index contributed by atoms with van der Waals surface area (Å²) >= 11 is 0. The summed E-state index contributed by atoms with van der Waals surface area (Å²) in [5.41, 5.74) is 2.59. The van der Waals surface area contributed by atoms with Crippen LogP contribution in [0.5, 0.6) is 0 Å². The Morgan fingerprint density at radius 2 is 2.11 bits per heavy atom. The van der Waals surface area contributed by atoms with Crippen molar-refractivity contribution in [2.24, 2.45) is 0 Å². The van der Waals surface area contributed by atoms with E-state index >= 15 is 0 Å². The fourth-order valence-corrected chi connectivity index (χ4v) is 1.92. The van der Waals surface area contributed by atoms with Crippen molar-refractivity contribution in [3.8, 4) is 6.07 Å². The van der Waals surface area contributed by atoms with Crippen molar-refractivity contribution in [2.75, 3.05) is 14.1 Å². The predicted octanol–water partition coefficient (Wildman–Crippen LogP) is 2.63. The molecule has 0 aliphatic carbocycles. The normalized spacial score (nSPS) is 11.4. The van der Waals surface area contributed by atoms with E-state index in [2.05, 4.69) is 4.98 Å². The fraction of sp³-hybridized carbons (Fsp3) is 0.200. The van der Waals surface area contributed by atoms with Crippen LogP contribution in [-0.2, 0) is 0 Å². The standard InChI is InChI=1S/C15H15N3O/c1-10-4-5-13-11(6-10)7-14(17-13)15(19)12(8-16)9-18(2)3/h4-7,9,17H,1-3H3/b12-9+. The highest BCUT2D eigenvalue weighted by molar-refractivity contribution is 6.12. The van der Waals surface area contributed by atoms with E-state index in [0.29, 0.717) is 5.69 Å². The van der Waals surface area contributed by atoms with E-state index in [9.17, 15) is 4.79 Å². The van der Waals surface area contributed by atoms with Crippen LogP contribution in [0.1, 0.15) is 16.1 Å². The SMILES string of the molecule is Cc1ccc2[nH]c(C(=O)/C(C#N)=C/N(C)C)cc2c1. The van der Waals surface area contributed by atoms with Gasteiger partial charge in [0.25, 0.3) is 0 Å². The molecule has 0 unspecified atom stereocenters. The number of Topliss-reactive ketones (excluding diaryl/α,β-unsaturated/α-hetero) is 1. The van der Waals surface area contributed by atoms with E-state index in [1.54, 1.807) is 25.1 Å². The second kappa shape index (κ2) is 4.99. The summed E-state index contributed by atoms with van der Waals surface area (Å²) in [6.45, 7) is 2.00. The third-order valence-corrected chi connectivity index (χ3v) is 2.77. The second-order valence-electron chi connectivity index (χ2n) is 4.72. The molecular formula is C15H15N3O. The quantitative estimate of drug-likeness (QED) is 0.519. The van der Waals surface area contributed by atoms with Crippen molar-refractivity contribution in [3.05, 3.63) is 47.3 Å². The molecule has 0 atom stereocenters. The maximum absolute atomic E-state index is 12.2. The lowest BCUT2D eigenvalue weighted by molar-refractivity contribution is 0.103. The lowest BCUT2D eigenvalue weighted by atomic mass is 10.1. The van der Waals surface area contributed by atoms with Crippen LogP contribution in [0.25, 0.3) is 10.9 Å². The van der Waals surface area contributed by atoms with Gasteiger partial charge in [0.15, 0.2) is 0 Å². The number of aryl methyl sites for hydroxylation is 1. The van der Waals surface area contributed by atoms with Crippen molar-refractivity contribution in [2.45, 2.75) is 6.92 Å². The number of carbonyl (C=O) groups excluding carboxylic acids is 1. The molecule has 1 N–H and O–H groups in total. The van der Waals surface area contributed by atoms with Crippen molar-refractivity contribution < 1.29 is 4.79 Å². The van der Waals surface area contributed by atoms with Crippen LogP contribution in [0.4, 0.5) is 0 Å². The third-order valence-electron chi connectivity index (χ3n) is 2.77. The minimum Gasteiger partial charge on any atom is -0.382 e. The molecule has 0 amide bonds. The molecule has 0 spiro atoms. The molecule has 0 fully saturated rings. The van der Waals surface area contributed by atoms with Gasteiger partial charge in [-0.05, 0) is 25.1 Å². The number of nitriles is 1. The second-order valence-corrected chi connectivity index (χ2v) is 4.72. The molecule has 0 radical (unpaired) electrons. The zero-order chi connectivity index (χ0) is 14.0. The molecular weight excluding hydrogens is 238 g/mol. The zero-order valence-corrected chi connectivity index (χ0v) is 11.2. The first-order valence-electron chi connectivity index (χ1n) is 5.93. The van der Waals surface area contributed by atoms with Gasteiger partial charge in [0, 0.05) is 31.2 Å². The molecule has 1 aromatic heterocycles. The number of carbonyl (C=O) groups is 1. The van der Waals surface area contributed by atoms with Crippen molar-refractivity contribution in [1.29, 1.82) is 5.26 Å².